The molecule has 0 atom stereocenters. The van der Waals surface area contributed by atoms with Crippen LogP contribution in [-0.2, 0) is 12.2 Å². The van der Waals surface area contributed by atoms with E-state index in [1.807, 2.05) is 23.9 Å². The highest BCUT2D eigenvalue weighted by molar-refractivity contribution is 7.98. The molecule has 0 radical (unpaired) electrons. The van der Waals surface area contributed by atoms with Crippen LogP contribution in [0.1, 0.15) is 16.7 Å². The molecule has 2 aromatic rings. The summed E-state index contributed by atoms with van der Waals surface area (Å²) in [6, 6.07) is 14.6. The van der Waals surface area contributed by atoms with Crippen molar-refractivity contribution in [3.63, 3.8) is 0 Å². The first-order valence-electron chi connectivity index (χ1n) is 6.36. The molecule has 3 heteroatoms. The van der Waals surface area contributed by atoms with Crippen molar-refractivity contribution in [1.29, 1.82) is 0 Å². The molecule has 2 aromatic carbocycles. The van der Waals surface area contributed by atoms with Crippen LogP contribution in [0.15, 0.2) is 47.4 Å². The maximum atomic E-state index is 5.89. The van der Waals surface area contributed by atoms with Gasteiger partial charge in [-0.1, -0.05) is 41.4 Å². The van der Waals surface area contributed by atoms with Gasteiger partial charge in [-0.15, -0.1) is 11.8 Å². The van der Waals surface area contributed by atoms with E-state index in [1.54, 1.807) is 0 Å². The van der Waals surface area contributed by atoms with Crippen LogP contribution in [0.4, 0.5) is 0 Å². The fourth-order valence-corrected chi connectivity index (χ4v) is 3.09. The van der Waals surface area contributed by atoms with Crippen LogP contribution in [0.25, 0.3) is 0 Å². The van der Waals surface area contributed by atoms with Gasteiger partial charge in [0.15, 0.2) is 0 Å². The molecule has 100 valence electrons. The van der Waals surface area contributed by atoms with Crippen molar-refractivity contribution < 1.29 is 0 Å². The zero-order valence-electron chi connectivity index (χ0n) is 11.0. The summed E-state index contributed by atoms with van der Waals surface area (Å²) in [7, 11) is 0. The third kappa shape index (κ3) is 4.27. The van der Waals surface area contributed by atoms with Gasteiger partial charge in [-0.05, 0) is 49.2 Å². The zero-order chi connectivity index (χ0) is 13.7. The Balaban J connectivity index is 2.08. The van der Waals surface area contributed by atoms with Gasteiger partial charge in [0, 0.05) is 15.7 Å². The Labute approximate surface area is 124 Å². The lowest BCUT2D eigenvalue weighted by molar-refractivity contribution is 0.941. The Bertz CT molecular complexity index is 537. The Morgan fingerprint density at radius 2 is 1.84 bits per heavy atom. The molecule has 0 bridgehead atoms. The molecule has 19 heavy (non-hydrogen) atoms. The second kappa shape index (κ2) is 6.99. The van der Waals surface area contributed by atoms with Gasteiger partial charge in [0.1, 0.15) is 0 Å². The normalized spacial score (nSPS) is 10.7. The van der Waals surface area contributed by atoms with Crippen LogP contribution in [0.5, 0.6) is 0 Å². The van der Waals surface area contributed by atoms with Crippen molar-refractivity contribution in [2.75, 3.05) is 6.54 Å². The highest BCUT2D eigenvalue weighted by Gasteiger charge is 2.04. The maximum Gasteiger partial charge on any atom is 0.0406 e. The average molecular weight is 292 g/mol. The molecule has 0 heterocycles. The topological polar surface area (TPSA) is 26.0 Å². The van der Waals surface area contributed by atoms with Gasteiger partial charge >= 0.3 is 0 Å². The summed E-state index contributed by atoms with van der Waals surface area (Å²) in [5, 5.41) is 0.785. The van der Waals surface area contributed by atoms with Crippen LogP contribution < -0.4 is 5.73 Å². The first kappa shape index (κ1) is 14.4. The van der Waals surface area contributed by atoms with Crippen LogP contribution >= 0.6 is 23.4 Å². The predicted octanol–water partition coefficient (Wildman–Crippen LogP) is 4.44. The van der Waals surface area contributed by atoms with E-state index in [0.29, 0.717) is 6.54 Å². The average Bonchev–Trinajstić information content (AvgIpc) is 2.40. The van der Waals surface area contributed by atoms with Gasteiger partial charge in [0.25, 0.3) is 0 Å². The fraction of sp³-hybridized carbons (Fsp3) is 0.250. The van der Waals surface area contributed by atoms with Crippen molar-refractivity contribution in [3.05, 3.63) is 64.2 Å². The second-order valence-electron chi connectivity index (χ2n) is 4.56. The summed E-state index contributed by atoms with van der Waals surface area (Å²) in [6.45, 7) is 2.81. The number of nitrogens with two attached hydrogens (primary N) is 1. The lowest BCUT2D eigenvalue weighted by atomic mass is 10.1. The molecule has 0 aliphatic carbocycles. The number of halogens is 1. The third-order valence-corrected chi connectivity index (χ3v) is 4.38. The quantitative estimate of drug-likeness (QED) is 0.824. The van der Waals surface area contributed by atoms with Crippen molar-refractivity contribution in [2.45, 2.75) is 24.0 Å². The number of benzene rings is 2. The molecule has 2 rings (SSSR count). The fourth-order valence-electron chi connectivity index (χ4n) is 1.94. The minimum atomic E-state index is 0.692. The number of hydrogen-bond acceptors (Lipinski definition) is 2. The second-order valence-corrected chi connectivity index (χ2v) is 6.02. The van der Waals surface area contributed by atoms with E-state index >= 15 is 0 Å². The minimum absolute atomic E-state index is 0.692. The van der Waals surface area contributed by atoms with Gasteiger partial charge in [-0.2, -0.15) is 0 Å². The van der Waals surface area contributed by atoms with Gasteiger partial charge < -0.3 is 5.73 Å². The van der Waals surface area contributed by atoms with Crippen LogP contribution in [-0.4, -0.2) is 6.54 Å². The Morgan fingerprint density at radius 1 is 1.11 bits per heavy atom. The molecule has 0 aliphatic rings. The summed E-state index contributed by atoms with van der Waals surface area (Å²) in [4.78, 5) is 1.33. The largest absolute Gasteiger partial charge is 0.330 e. The molecule has 1 nitrogen and oxygen atoms in total. The van der Waals surface area contributed by atoms with Gasteiger partial charge in [-0.25, -0.2) is 0 Å². The molecule has 0 unspecified atom stereocenters. The highest BCUT2D eigenvalue weighted by Crippen LogP contribution is 2.27. The standard InChI is InChI=1S/C16H18ClNS/c1-12-2-7-16(14(10-12)8-9-18)19-11-13-3-5-15(17)6-4-13/h2-7,10H,8-9,11,18H2,1H3. The van der Waals surface area contributed by atoms with E-state index in [2.05, 4.69) is 37.3 Å². The molecule has 0 saturated heterocycles. The smallest absolute Gasteiger partial charge is 0.0406 e. The van der Waals surface area contributed by atoms with E-state index in [0.717, 1.165) is 17.2 Å². The number of rotatable bonds is 5. The van der Waals surface area contributed by atoms with Crippen molar-refractivity contribution >= 4 is 23.4 Å². The predicted molar refractivity (Wildman–Crippen MR) is 85.0 cm³/mol. The van der Waals surface area contributed by atoms with E-state index < -0.39 is 0 Å². The lowest BCUT2D eigenvalue weighted by Crippen LogP contribution is -2.04. The van der Waals surface area contributed by atoms with Crippen LogP contribution in [0, 0.1) is 6.92 Å². The zero-order valence-corrected chi connectivity index (χ0v) is 12.6. The number of thioether (sulfide) groups is 1. The summed E-state index contributed by atoms with van der Waals surface area (Å²) < 4.78 is 0. The first-order chi connectivity index (χ1) is 9.19. The van der Waals surface area contributed by atoms with E-state index in [1.165, 1.54) is 21.6 Å². The highest BCUT2D eigenvalue weighted by atomic mass is 35.5. The summed E-state index contributed by atoms with van der Waals surface area (Å²) in [5.74, 6) is 0.956. The molecular formula is C16H18ClNS. The monoisotopic (exact) mass is 291 g/mol. The molecule has 0 saturated carbocycles. The van der Waals surface area contributed by atoms with Crippen LogP contribution in [0.2, 0.25) is 5.02 Å². The van der Waals surface area contributed by atoms with E-state index in [9.17, 15) is 0 Å². The summed E-state index contributed by atoms with van der Waals surface area (Å²) in [5.41, 5.74) is 9.60. The SMILES string of the molecule is Cc1ccc(SCc2ccc(Cl)cc2)c(CCN)c1. The molecule has 2 N–H and O–H groups in total. The van der Waals surface area contributed by atoms with Gasteiger partial charge in [0.05, 0.1) is 0 Å². The van der Waals surface area contributed by atoms with Crippen molar-refractivity contribution in [2.24, 2.45) is 5.73 Å². The number of aryl methyl sites for hydroxylation is 1. The molecule has 0 aliphatic heterocycles. The van der Waals surface area contributed by atoms with Gasteiger partial charge in [0.2, 0.25) is 0 Å². The summed E-state index contributed by atoms with van der Waals surface area (Å²) >= 11 is 7.75. The van der Waals surface area contributed by atoms with E-state index in [4.69, 9.17) is 17.3 Å². The minimum Gasteiger partial charge on any atom is -0.330 e. The van der Waals surface area contributed by atoms with Crippen molar-refractivity contribution in [3.8, 4) is 0 Å². The Hall–Kier alpha value is -0.960. The number of hydrogen-bond donors (Lipinski definition) is 1. The Morgan fingerprint density at radius 3 is 2.53 bits per heavy atom. The first-order valence-corrected chi connectivity index (χ1v) is 7.72. The molecule has 0 aromatic heterocycles. The van der Waals surface area contributed by atoms with Crippen LogP contribution in [0.3, 0.4) is 0 Å². The molecule has 0 fully saturated rings. The van der Waals surface area contributed by atoms with E-state index in [-0.39, 0.29) is 0 Å². The Kier molecular flexibility index (Phi) is 5.32. The third-order valence-electron chi connectivity index (χ3n) is 2.94. The molecule has 0 amide bonds. The molecule has 0 spiro atoms. The van der Waals surface area contributed by atoms with Gasteiger partial charge in [-0.3, -0.25) is 0 Å². The summed E-state index contributed by atoms with van der Waals surface area (Å²) in [6.07, 6.45) is 0.935. The lowest BCUT2D eigenvalue weighted by Gasteiger charge is -2.09. The maximum absolute atomic E-state index is 5.89. The molecular weight excluding hydrogens is 274 g/mol. The van der Waals surface area contributed by atoms with Crippen molar-refractivity contribution in [1.82, 2.24) is 0 Å².